The molecule has 0 aliphatic heterocycles. The van der Waals surface area contributed by atoms with E-state index in [0.717, 1.165) is 6.07 Å². The molecule has 3 aromatic rings. The number of hydrogen-bond acceptors (Lipinski definition) is 10. The van der Waals surface area contributed by atoms with Gasteiger partial charge in [0.25, 0.3) is 0 Å². The summed E-state index contributed by atoms with van der Waals surface area (Å²) in [5, 5.41) is 38.9. The summed E-state index contributed by atoms with van der Waals surface area (Å²) in [4.78, 5) is 48.8. The number of aliphatic hydroxyl groups is 3. The molecule has 11 heteroatoms. The minimum Gasteiger partial charge on any atom is -0.481 e. The summed E-state index contributed by atoms with van der Waals surface area (Å²) in [7, 11) is 0. The van der Waals surface area contributed by atoms with Gasteiger partial charge in [0.2, 0.25) is 0 Å². The zero-order valence-electron chi connectivity index (χ0n) is 19.8. The Morgan fingerprint density at radius 2 is 1.36 bits per heavy atom. The van der Waals surface area contributed by atoms with E-state index in [1.165, 1.54) is 45.0 Å². The van der Waals surface area contributed by atoms with Crippen LogP contribution in [0.1, 0.15) is 45.1 Å². The third-order valence-corrected chi connectivity index (χ3v) is 5.28. The zero-order valence-corrected chi connectivity index (χ0v) is 19.8. The second kappa shape index (κ2) is 10.9. The number of aliphatic hydroxyl groups excluding tert-OH is 3. The average molecular weight is 502 g/mol. The van der Waals surface area contributed by atoms with Crippen LogP contribution in [0.25, 0.3) is 21.7 Å². The molecule has 2 aromatic carbocycles. The predicted octanol–water partition coefficient (Wildman–Crippen LogP) is 1.85. The van der Waals surface area contributed by atoms with Crippen LogP contribution in [0.5, 0.6) is 11.5 Å². The summed E-state index contributed by atoms with van der Waals surface area (Å²) >= 11 is 0. The van der Waals surface area contributed by atoms with Gasteiger partial charge in [-0.1, -0.05) is 12.1 Å². The van der Waals surface area contributed by atoms with Gasteiger partial charge >= 0.3 is 23.5 Å². The molecule has 1 unspecified atom stereocenters. The zero-order chi connectivity index (χ0) is 26.7. The number of rotatable bonds is 9. The number of ether oxygens (including phenoxy) is 2. The molecule has 1 heterocycles. The van der Waals surface area contributed by atoms with Crippen LogP contribution < -0.4 is 15.1 Å². The van der Waals surface area contributed by atoms with Gasteiger partial charge in [-0.3, -0.25) is 14.4 Å². The number of carboxylic acids is 1. The van der Waals surface area contributed by atoms with E-state index in [0.29, 0.717) is 5.39 Å². The topological polar surface area (TPSA) is 181 Å². The minimum atomic E-state index is -1.26. The Morgan fingerprint density at radius 3 is 1.83 bits per heavy atom. The van der Waals surface area contributed by atoms with Crippen molar-refractivity contribution in [3.63, 3.8) is 0 Å². The molecule has 3 rings (SSSR count). The van der Waals surface area contributed by atoms with Crippen molar-refractivity contribution in [3.05, 3.63) is 46.3 Å². The normalized spacial score (nSPS) is 14.7. The molecule has 0 amide bonds. The number of carbonyl (C=O) groups is 3. The van der Waals surface area contributed by atoms with Gasteiger partial charge in [-0.2, -0.15) is 0 Å². The van der Waals surface area contributed by atoms with Crippen LogP contribution in [0.3, 0.4) is 0 Å². The first-order valence-electron chi connectivity index (χ1n) is 11.1. The first kappa shape index (κ1) is 26.8. The minimum absolute atomic E-state index is 0.0178. The van der Waals surface area contributed by atoms with E-state index in [1.807, 2.05) is 0 Å². The van der Waals surface area contributed by atoms with E-state index in [-0.39, 0.29) is 46.3 Å². The molecule has 0 spiro atoms. The van der Waals surface area contributed by atoms with Gasteiger partial charge in [0.1, 0.15) is 11.5 Å². The van der Waals surface area contributed by atoms with Crippen LogP contribution in [0.4, 0.5) is 0 Å². The lowest BCUT2D eigenvalue weighted by Gasteiger charge is -2.16. The smallest absolute Gasteiger partial charge is 0.344 e. The monoisotopic (exact) mass is 502 g/mol. The van der Waals surface area contributed by atoms with Crippen LogP contribution >= 0.6 is 0 Å². The molecule has 4 atom stereocenters. The van der Waals surface area contributed by atoms with Gasteiger partial charge in [-0.15, -0.1) is 0 Å². The van der Waals surface area contributed by atoms with E-state index in [9.17, 15) is 39.6 Å². The quantitative estimate of drug-likeness (QED) is 0.145. The fraction of sp³-hybridized carbons (Fsp3) is 0.360. The second-order valence-corrected chi connectivity index (χ2v) is 8.60. The highest BCUT2D eigenvalue weighted by molar-refractivity contribution is 6.06. The molecule has 0 fully saturated rings. The Morgan fingerprint density at radius 1 is 0.833 bits per heavy atom. The standard InChI is InChI=1S/C25H26O11/c1-11(26)6-21(29)34-19-9-16-15-5-4-14(23(13(3)28)24(31)32)8-18(15)36-25(33)17(16)10-20(19)35-22(30)7-12(2)27/h4-5,8-13,23,26-28H,6-7H2,1-3H3,(H,31,32)/t11-,12-,13-,23?/m1/s1. The van der Waals surface area contributed by atoms with Crippen LogP contribution in [0, 0.1) is 0 Å². The molecule has 4 N–H and O–H groups in total. The second-order valence-electron chi connectivity index (χ2n) is 8.60. The van der Waals surface area contributed by atoms with Crippen molar-refractivity contribution in [2.45, 2.75) is 57.8 Å². The van der Waals surface area contributed by atoms with Gasteiger partial charge in [-0.25, -0.2) is 4.79 Å². The lowest BCUT2D eigenvalue weighted by atomic mass is 9.93. The Kier molecular flexibility index (Phi) is 8.08. The molecule has 0 saturated heterocycles. The van der Waals surface area contributed by atoms with Crippen molar-refractivity contribution < 1.29 is 48.7 Å². The average Bonchev–Trinajstić information content (AvgIpc) is 2.72. The summed E-state index contributed by atoms with van der Waals surface area (Å²) in [6, 6.07) is 6.74. The highest BCUT2D eigenvalue weighted by Gasteiger charge is 2.26. The molecule has 0 radical (unpaired) electrons. The van der Waals surface area contributed by atoms with E-state index >= 15 is 0 Å². The summed E-state index contributed by atoms with van der Waals surface area (Å²) in [5.74, 6) is -4.67. The predicted molar refractivity (Wildman–Crippen MR) is 126 cm³/mol. The number of carbonyl (C=O) groups excluding carboxylic acids is 2. The summed E-state index contributed by atoms with van der Waals surface area (Å²) in [6.07, 6.45) is -3.93. The number of esters is 2. The molecule has 0 aliphatic carbocycles. The van der Waals surface area contributed by atoms with Crippen LogP contribution in [0.2, 0.25) is 0 Å². The van der Waals surface area contributed by atoms with Crippen molar-refractivity contribution in [1.29, 1.82) is 0 Å². The number of aliphatic carboxylic acids is 1. The van der Waals surface area contributed by atoms with Gasteiger partial charge < -0.3 is 34.3 Å². The van der Waals surface area contributed by atoms with E-state index in [1.54, 1.807) is 0 Å². The van der Waals surface area contributed by atoms with Gasteiger partial charge in [0.15, 0.2) is 11.5 Å². The fourth-order valence-corrected chi connectivity index (χ4v) is 3.74. The first-order chi connectivity index (χ1) is 16.9. The van der Waals surface area contributed by atoms with Crippen molar-refractivity contribution >= 4 is 39.6 Å². The van der Waals surface area contributed by atoms with Crippen LogP contribution in [-0.4, -0.2) is 56.6 Å². The van der Waals surface area contributed by atoms with Gasteiger partial charge in [-0.05, 0) is 44.5 Å². The number of fused-ring (bicyclic) bond motifs is 3. The Labute approximate surface area is 204 Å². The number of carboxylic acid groups (broad SMARTS) is 1. The lowest BCUT2D eigenvalue weighted by Crippen LogP contribution is -2.23. The maximum atomic E-state index is 12.8. The fourth-order valence-electron chi connectivity index (χ4n) is 3.74. The Hall–Kier alpha value is -3.80. The number of hydrogen-bond donors (Lipinski definition) is 4. The SMILES string of the molecule is C[C@@H](O)CC(=O)Oc1cc2c(=O)oc3cc(C(C(=O)O)[C@@H](C)O)ccc3c2cc1OC(=O)C[C@@H](C)O. The molecular formula is C25H26O11. The molecule has 36 heavy (non-hydrogen) atoms. The maximum absolute atomic E-state index is 12.8. The molecule has 11 nitrogen and oxygen atoms in total. The first-order valence-corrected chi connectivity index (χ1v) is 11.1. The van der Waals surface area contributed by atoms with E-state index in [4.69, 9.17) is 13.9 Å². The highest BCUT2D eigenvalue weighted by Crippen LogP contribution is 2.36. The van der Waals surface area contributed by atoms with Crippen molar-refractivity contribution in [3.8, 4) is 11.5 Å². The third kappa shape index (κ3) is 6.06. The lowest BCUT2D eigenvalue weighted by molar-refractivity contribution is -0.141. The number of benzene rings is 2. The Balaban J connectivity index is 2.20. The van der Waals surface area contributed by atoms with Crippen molar-refractivity contribution in [1.82, 2.24) is 0 Å². The van der Waals surface area contributed by atoms with Crippen LogP contribution in [-0.2, 0) is 14.4 Å². The summed E-state index contributed by atoms with van der Waals surface area (Å²) < 4.78 is 15.9. The molecule has 1 aromatic heterocycles. The highest BCUT2D eigenvalue weighted by atomic mass is 16.6. The molecule has 0 saturated carbocycles. The van der Waals surface area contributed by atoms with Crippen molar-refractivity contribution in [2.24, 2.45) is 0 Å². The molecule has 0 bridgehead atoms. The van der Waals surface area contributed by atoms with E-state index in [2.05, 4.69) is 0 Å². The third-order valence-electron chi connectivity index (χ3n) is 5.28. The van der Waals surface area contributed by atoms with Crippen molar-refractivity contribution in [2.75, 3.05) is 0 Å². The van der Waals surface area contributed by atoms with Crippen LogP contribution in [0.15, 0.2) is 39.5 Å². The summed E-state index contributed by atoms with van der Waals surface area (Å²) in [6.45, 7) is 4.10. The Bertz CT molecular complexity index is 1370. The molecular weight excluding hydrogens is 476 g/mol. The molecule has 0 aliphatic rings. The summed E-state index contributed by atoms with van der Waals surface area (Å²) in [5.41, 5.74) is -0.606. The molecule has 192 valence electrons. The van der Waals surface area contributed by atoms with Gasteiger partial charge in [0.05, 0.1) is 36.5 Å². The van der Waals surface area contributed by atoms with E-state index < -0.39 is 47.8 Å². The largest absolute Gasteiger partial charge is 0.481 e. The van der Waals surface area contributed by atoms with Gasteiger partial charge in [0, 0.05) is 10.8 Å². The maximum Gasteiger partial charge on any atom is 0.344 e.